The van der Waals surface area contributed by atoms with Crippen LogP contribution in [-0.4, -0.2) is 96.6 Å². The Bertz CT molecular complexity index is 999. The quantitative estimate of drug-likeness (QED) is 0.582. The lowest BCUT2D eigenvalue weighted by molar-refractivity contribution is 0.0693. The minimum Gasteiger partial charge on any atom is -0.383 e. The largest absolute Gasteiger partial charge is 0.383 e. The van der Waals surface area contributed by atoms with Gasteiger partial charge in [0.1, 0.15) is 5.76 Å². The average Bonchev–Trinajstić information content (AvgIpc) is 3.40. The van der Waals surface area contributed by atoms with E-state index >= 15 is 0 Å². The van der Waals surface area contributed by atoms with Gasteiger partial charge in [0.25, 0.3) is 16.1 Å². The van der Waals surface area contributed by atoms with Gasteiger partial charge in [-0.25, -0.2) is 0 Å². The molecule has 5 atom stereocenters. The average molecular weight is 494 g/mol. The normalized spacial score (nSPS) is 34.6. The van der Waals surface area contributed by atoms with Gasteiger partial charge in [0, 0.05) is 68.9 Å². The number of amides is 1. The molecule has 5 fully saturated rings. The molecule has 34 heavy (non-hydrogen) atoms. The van der Waals surface area contributed by atoms with Gasteiger partial charge < -0.3 is 14.6 Å². The first-order valence-corrected chi connectivity index (χ1v) is 14.1. The van der Waals surface area contributed by atoms with E-state index in [4.69, 9.17) is 9.26 Å². The second-order valence-corrected chi connectivity index (χ2v) is 12.5. The first-order chi connectivity index (χ1) is 16.4. The van der Waals surface area contributed by atoms with Crippen molar-refractivity contribution in [3.05, 3.63) is 17.5 Å². The van der Waals surface area contributed by atoms with E-state index in [2.05, 4.69) is 15.4 Å². The number of carbonyl (C=O) groups excluding carboxylic acids is 1. The Labute approximate surface area is 201 Å². The van der Waals surface area contributed by atoms with Gasteiger partial charge >= 0.3 is 0 Å². The molecule has 188 valence electrons. The number of ether oxygens (including phenoxy) is 1. The highest BCUT2D eigenvalue weighted by Crippen LogP contribution is 2.42. The van der Waals surface area contributed by atoms with Crippen molar-refractivity contribution in [3.63, 3.8) is 0 Å². The summed E-state index contributed by atoms with van der Waals surface area (Å²) in [6.45, 7) is 2.67. The van der Waals surface area contributed by atoms with E-state index in [9.17, 15) is 13.2 Å². The molecule has 1 aliphatic carbocycles. The molecule has 5 aliphatic rings. The summed E-state index contributed by atoms with van der Waals surface area (Å²) in [7, 11) is -1.82. The van der Waals surface area contributed by atoms with E-state index in [1.54, 1.807) is 21.8 Å². The van der Waals surface area contributed by atoms with Crippen molar-refractivity contribution in [1.82, 2.24) is 24.0 Å². The fourth-order valence-corrected chi connectivity index (χ4v) is 8.80. The maximum Gasteiger partial charge on any atom is 0.282 e. The van der Waals surface area contributed by atoms with Gasteiger partial charge in [-0.15, -0.1) is 0 Å². The molecular formula is C23H35N5O5S. The van der Waals surface area contributed by atoms with Gasteiger partial charge in [0.2, 0.25) is 0 Å². The molecule has 4 bridgehead atoms. The minimum absolute atomic E-state index is 0.0420. The van der Waals surface area contributed by atoms with Crippen molar-refractivity contribution in [2.75, 3.05) is 33.4 Å². The van der Waals surface area contributed by atoms with Crippen LogP contribution in [0.2, 0.25) is 0 Å². The van der Waals surface area contributed by atoms with Crippen LogP contribution in [0.1, 0.15) is 73.5 Å². The number of methoxy groups -OCH3 is 1. The predicted molar refractivity (Wildman–Crippen MR) is 124 cm³/mol. The van der Waals surface area contributed by atoms with Crippen LogP contribution in [0, 0.1) is 0 Å². The molecule has 4 saturated heterocycles. The summed E-state index contributed by atoms with van der Waals surface area (Å²) in [5, 5.41) is 7.04. The van der Waals surface area contributed by atoms with E-state index in [0.717, 1.165) is 50.8 Å². The number of piperazine rings is 1. The maximum absolute atomic E-state index is 13.8. The molecule has 4 aliphatic heterocycles. The highest BCUT2D eigenvalue weighted by molar-refractivity contribution is 7.86. The summed E-state index contributed by atoms with van der Waals surface area (Å²) in [4.78, 5) is 15.2. The molecule has 5 heterocycles. The number of rotatable bonds is 8. The molecular weight excluding hydrogens is 458 g/mol. The van der Waals surface area contributed by atoms with Crippen molar-refractivity contribution < 1.29 is 22.5 Å². The van der Waals surface area contributed by atoms with Gasteiger partial charge in [-0.3, -0.25) is 9.69 Å². The van der Waals surface area contributed by atoms with E-state index in [1.165, 1.54) is 0 Å². The summed E-state index contributed by atoms with van der Waals surface area (Å²) < 4.78 is 41.6. The Morgan fingerprint density at radius 2 is 1.74 bits per heavy atom. The van der Waals surface area contributed by atoms with Crippen molar-refractivity contribution in [3.8, 4) is 0 Å². The number of piperidine rings is 1. The molecule has 1 N–H and O–H groups in total. The smallest absolute Gasteiger partial charge is 0.282 e. The summed E-state index contributed by atoms with van der Waals surface area (Å²) in [6.07, 6.45) is 7.29. The lowest BCUT2D eigenvalue weighted by atomic mass is 9.99. The van der Waals surface area contributed by atoms with Crippen LogP contribution in [0.25, 0.3) is 0 Å². The van der Waals surface area contributed by atoms with E-state index in [-0.39, 0.29) is 36.1 Å². The molecule has 1 amide bonds. The van der Waals surface area contributed by atoms with Crippen molar-refractivity contribution >= 4 is 16.1 Å². The predicted octanol–water partition coefficient (Wildman–Crippen LogP) is 1.32. The molecule has 0 aromatic carbocycles. The summed E-state index contributed by atoms with van der Waals surface area (Å²) in [6, 6.07) is 2.15. The van der Waals surface area contributed by atoms with Gasteiger partial charge in [-0.05, 0) is 51.4 Å². The third-order valence-corrected chi connectivity index (χ3v) is 10.6. The Hall–Kier alpha value is -1.53. The van der Waals surface area contributed by atoms with Crippen LogP contribution < -0.4 is 5.32 Å². The lowest BCUT2D eigenvalue weighted by Crippen LogP contribution is -2.61. The van der Waals surface area contributed by atoms with Gasteiger partial charge in [-0.2, -0.15) is 17.0 Å². The lowest BCUT2D eigenvalue weighted by Gasteiger charge is -2.45. The second-order valence-electron chi connectivity index (χ2n) is 10.7. The number of carbonyl (C=O) groups is 1. The van der Waals surface area contributed by atoms with E-state index < -0.39 is 10.2 Å². The number of fused-ring (bicyclic) bond motifs is 4. The van der Waals surface area contributed by atoms with E-state index in [1.807, 2.05) is 0 Å². The molecule has 11 heteroatoms. The Morgan fingerprint density at radius 1 is 1.09 bits per heavy atom. The molecule has 0 spiro atoms. The van der Waals surface area contributed by atoms with Crippen LogP contribution in [0.4, 0.5) is 0 Å². The van der Waals surface area contributed by atoms with Gasteiger partial charge in [0.15, 0.2) is 5.69 Å². The van der Waals surface area contributed by atoms with Crippen LogP contribution in [0.15, 0.2) is 10.6 Å². The molecule has 1 aromatic heterocycles. The summed E-state index contributed by atoms with van der Waals surface area (Å²) >= 11 is 0. The van der Waals surface area contributed by atoms with Crippen LogP contribution in [0.5, 0.6) is 0 Å². The fourth-order valence-electron chi connectivity index (χ4n) is 6.68. The summed E-state index contributed by atoms with van der Waals surface area (Å²) in [5.74, 6) is 0.984. The van der Waals surface area contributed by atoms with Crippen molar-refractivity contribution in [1.29, 1.82) is 0 Å². The zero-order valence-electron chi connectivity index (χ0n) is 19.8. The number of aromatic nitrogens is 1. The molecule has 6 rings (SSSR count). The number of nitrogens with one attached hydrogen (secondary N) is 1. The topological polar surface area (TPSA) is 108 Å². The van der Waals surface area contributed by atoms with Crippen LogP contribution >= 0.6 is 0 Å². The Morgan fingerprint density at radius 3 is 2.35 bits per heavy atom. The highest BCUT2D eigenvalue weighted by atomic mass is 32.2. The monoisotopic (exact) mass is 493 g/mol. The molecule has 0 radical (unpaired) electrons. The van der Waals surface area contributed by atoms with Gasteiger partial charge in [-0.1, -0.05) is 5.16 Å². The minimum atomic E-state index is -3.53. The first kappa shape index (κ1) is 22.9. The molecule has 10 nitrogen and oxygen atoms in total. The molecule has 2 unspecified atom stereocenters. The fraction of sp³-hybridized carbons (Fsp3) is 0.826. The standard InChI is InChI=1S/C23H35N5O5S/c1-32-9-8-27-19-6-7-20(27)14-26(13-19)34(30,31)28-17-4-5-18(28)11-16(10-17)24-23(29)21-12-22(33-25-21)15-2-3-15/h12,15-20H,2-11,13-14H2,1H3,(H,24,29)/t16-,17+,18-,19?,20?. The number of hydrogen-bond donors (Lipinski definition) is 1. The van der Waals surface area contributed by atoms with Crippen LogP contribution in [-0.2, 0) is 14.9 Å². The molecule has 1 aromatic rings. The third kappa shape index (κ3) is 4.09. The third-order valence-electron chi connectivity index (χ3n) is 8.49. The zero-order valence-corrected chi connectivity index (χ0v) is 20.6. The number of nitrogens with zero attached hydrogens (tertiary/aromatic N) is 4. The SMILES string of the molecule is COCCN1C2CCC1CN(S(=O)(=O)N1[C@@H]3CC[C@H]1C[C@@H](NC(=O)c1cc(C4CC4)on1)C3)C2. The number of hydrogen-bond acceptors (Lipinski definition) is 7. The highest BCUT2D eigenvalue weighted by Gasteiger charge is 2.52. The summed E-state index contributed by atoms with van der Waals surface area (Å²) in [5.41, 5.74) is 0.325. The Kier molecular flexibility index (Phi) is 5.96. The zero-order chi connectivity index (χ0) is 23.4. The van der Waals surface area contributed by atoms with E-state index in [0.29, 0.717) is 44.1 Å². The van der Waals surface area contributed by atoms with Gasteiger partial charge in [0.05, 0.1) is 6.61 Å². The molecule has 1 saturated carbocycles. The van der Waals surface area contributed by atoms with Crippen molar-refractivity contribution in [2.24, 2.45) is 0 Å². The maximum atomic E-state index is 13.8. The van der Waals surface area contributed by atoms with Crippen LogP contribution in [0.3, 0.4) is 0 Å². The van der Waals surface area contributed by atoms with Crippen molar-refractivity contribution in [2.45, 2.75) is 87.5 Å². The first-order valence-electron chi connectivity index (χ1n) is 12.7. The Balaban J connectivity index is 1.09. The second kappa shape index (κ2) is 8.85.